The minimum Gasteiger partial charge on any atom is -0.340 e. The third kappa shape index (κ3) is 2.83. The number of carbonyl (C=O) groups excluding carboxylic acids is 1. The fraction of sp³-hybridized carbons (Fsp3) is 0.364. The Labute approximate surface area is 178 Å². The van der Waals surface area contributed by atoms with Gasteiger partial charge in [0.1, 0.15) is 28.7 Å². The van der Waals surface area contributed by atoms with E-state index < -0.39 is 17.2 Å². The van der Waals surface area contributed by atoms with Crippen molar-refractivity contribution in [3.8, 4) is 17.3 Å². The lowest BCUT2D eigenvalue weighted by Gasteiger charge is -2.51. The molecule has 0 N–H and O–H groups in total. The van der Waals surface area contributed by atoms with E-state index in [2.05, 4.69) is 14.9 Å². The van der Waals surface area contributed by atoms with Crippen LogP contribution in [-0.2, 0) is 4.79 Å². The Morgan fingerprint density at radius 2 is 2.03 bits per heavy atom. The molecule has 1 aromatic carbocycles. The lowest BCUT2D eigenvalue weighted by molar-refractivity contribution is -0.124. The second-order valence-corrected chi connectivity index (χ2v) is 7.98. The standard InChI is InChI=1S/C22H22F2N6O/c1-3-22-8-4-5-10-30(22)19-17(28(2)20(22)31)13-26-21(27-19)29-11-9-25-18(29)15-7-6-14(23)12-16(15)24/h6-7,9,11-13H,3-5,8,10H2,1-2H3/t22-/m0/s1. The molecule has 160 valence electrons. The van der Waals surface area contributed by atoms with Crippen LogP contribution in [0.2, 0.25) is 0 Å². The number of likely N-dealkylation sites (N-methyl/N-ethyl adjacent to an activating group) is 1. The summed E-state index contributed by atoms with van der Waals surface area (Å²) in [4.78, 5) is 30.5. The van der Waals surface area contributed by atoms with Gasteiger partial charge >= 0.3 is 0 Å². The molecule has 1 amide bonds. The zero-order valence-electron chi connectivity index (χ0n) is 17.3. The minimum atomic E-state index is -0.711. The summed E-state index contributed by atoms with van der Waals surface area (Å²) in [6.45, 7) is 2.77. The van der Waals surface area contributed by atoms with Gasteiger partial charge in [0.25, 0.3) is 5.91 Å². The first kappa shape index (κ1) is 19.6. The topological polar surface area (TPSA) is 67.2 Å². The van der Waals surface area contributed by atoms with E-state index in [0.29, 0.717) is 23.9 Å². The van der Waals surface area contributed by atoms with Crippen LogP contribution in [0, 0.1) is 11.6 Å². The van der Waals surface area contributed by atoms with E-state index in [1.165, 1.54) is 18.3 Å². The number of fused-ring (bicyclic) bond motifs is 3. The van der Waals surface area contributed by atoms with E-state index >= 15 is 0 Å². The number of nitrogens with zero attached hydrogens (tertiary/aromatic N) is 6. The van der Waals surface area contributed by atoms with Crippen LogP contribution < -0.4 is 9.80 Å². The zero-order valence-corrected chi connectivity index (χ0v) is 17.3. The van der Waals surface area contributed by atoms with Crippen molar-refractivity contribution in [3.05, 3.63) is 48.4 Å². The van der Waals surface area contributed by atoms with Gasteiger partial charge in [-0.2, -0.15) is 4.98 Å². The summed E-state index contributed by atoms with van der Waals surface area (Å²) < 4.78 is 29.3. The molecule has 0 aliphatic carbocycles. The van der Waals surface area contributed by atoms with Crippen molar-refractivity contribution in [1.82, 2.24) is 19.5 Å². The van der Waals surface area contributed by atoms with Gasteiger partial charge in [0.05, 0.1) is 11.8 Å². The van der Waals surface area contributed by atoms with Crippen molar-refractivity contribution >= 4 is 17.4 Å². The molecule has 7 nitrogen and oxygen atoms in total. The fourth-order valence-corrected chi connectivity index (χ4v) is 4.75. The van der Waals surface area contributed by atoms with Gasteiger partial charge in [0.2, 0.25) is 5.95 Å². The number of aromatic nitrogens is 4. The average molecular weight is 424 g/mol. The predicted molar refractivity (Wildman–Crippen MR) is 112 cm³/mol. The summed E-state index contributed by atoms with van der Waals surface area (Å²) in [5, 5.41) is 0. The first-order chi connectivity index (χ1) is 15.0. The number of piperidine rings is 1. The van der Waals surface area contributed by atoms with Crippen molar-refractivity contribution in [2.24, 2.45) is 0 Å². The van der Waals surface area contributed by atoms with Gasteiger partial charge in [-0.05, 0) is 37.8 Å². The van der Waals surface area contributed by atoms with Crippen molar-refractivity contribution in [3.63, 3.8) is 0 Å². The Kier molecular flexibility index (Phi) is 4.49. The molecule has 3 aromatic rings. The highest BCUT2D eigenvalue weighted by atomic mass is 19.1. The molecule has 4 heterocycles. The van der Waals surface area contributed by atoms with Crippen LogP contribution in [0.5, 0.6) is 0 Å². The number of hydrogen-bond donors (Lipinski definition) is 0. The number of benzene rings is 1. The number of carbonyl (C=O) groups is 1. The Hall–Kier alpha value is -3.36. The van der Waals surface area contributed by atoms with Crippen LogP contribution in [0.4, 0.5) is 20.3 Å². The number of hydrogen-bond acceptors (Lipinski definition) is 5. The van der Waals surface area contributed by atoms with E-state index in [1.54, 1.807) is 28.9 Å². The normalized spacial score (nSPS) is 20.6. The summed E-state index contributed by atoms with van der Waals surface area (Å²) >= 11 is 0. The lowest BCUT2D eigenvalue weighted by Crippen LogP contribution is -2.64. The summed E-state index contributed by atoms with van der Waals surface area (Å²) in [6.07, 6.45) is 8.22. The molecule has 31 heavy (non-hydrogen) atoms. The molecule has 0 bridgehead atoms. The van der Waals surface area contributed by atoms with Gasteiger partial charge in [-0.1, -0.05) is 6.92 Å². The molecule has 0 saturated carbocycles. The van der Waals surface area contributed by atoms with Crippen LogP contribution in [0.3, 0.4) is 0 Å². The van der Waals surface area contributed by atoms with Crippen LogP contribution >= 0.6 is 0 Å². The maximum Gasteiger partial charge on any atom is 0.252 e. The Morgan fingerprint density at radius 1 is 1.19 bits per heavy atom. The monoisotopic (exact) mass is 424 g/mol. The SMILES string of the molecule is CC[C@@]12CCCCN1c1nc(-n3ccnc3-c3ccc(F)cc3F)ncc1N(C)C2=O. The number of halogens is 2. The van der Waals surface area contributed by atoms with Crippen molar-refractivity contribution < 1.29 is 13.6 Å². The highest BCUT2D eigenvalue weighted by Crippen LogP contribution is 2.44. The van der Waals surface area contributed by atoms with Gasteiger partial charge in [0, 0.05) is 32.1 Å². The molecule has 1 atom stereocenters. The molecule has 2 aliphatic rings. The van der Waals surface area contributed by atoms with Crippen molar-refractivity contribution in [2.45, 2.75) is 38.1 Å². The summed E-state index contributed by atoms with van der Waals surface area (Å²) in [6, 6.07) is 3.36. The highest BCUT2D eigenvalue weighted by Gasteiger charge is 2.51. The second kappa shape index (κ2) is 7.11. The van der Waals surface area contributed by atoms with E-state index in [0.717, 1.165) is 31.9 Å². The molecule has 0 unspecified atom stereocenters. The molecule has 1 fully saturated rings. The Morgan fingerprint density at radius 3 is 2.81 bits per heavy atom. The predicted octanol–water partition coefficient (Wildman–Crippen LogP) is 3.72. The maximum absolute atomic E-state index is 14.4. The van der Waals surface area contributed by atoms with Crippen LogP contribution in [0.25, 0.3) is 17.3 Å². The summed E-state index contributed by atoms with van der Waals surface area (Å²) in [5.41, 5.74) is 0.196. The fourth-order valence-electron chi connectivity index (χ4n) is 4.75. The van der Waals surface area contributed by atoms with Gasteiger partial charge in [-0.3, -0.25) is 9.36 Å². The zero-order chi connectivity index (χ0) is 21.8. The largest absolute Gasteiger partial charge is 0.340 e. The molecular weight excluding hydrogens is 402 g/mol. The molecule has 2 aliphatic heterocycles. The van der Waals surface area contributed by atoms with E-state index in [4.69, 9.17) is 4.98 Å². The van der Waals surface area contributed by atoms with Gasteiger partial charge in [-0.15, -0.1) is 0 Å². The molecule has 5 rings (SSSR count). The molecular formula is C22H22F2N6O. The highest BCUT2D eigenvalue weighted by molar-refractivity contribution is 6.07. The molecule has 9 heteroatoms. The second-order valence-electron chi connectivity index (χ2n) is 7.98. The molecule has 1 saturated heterocycles. The third-order valence-electron chi connectivity index (χ3n) is 6.41. The maximum atomic E-state index is 14.4. The summed E-state index contributed by atoms with van der Waals surface area (Å²) in [5.74, 6) is -0.0237. The van der Waals surface area contributed by atoms with E-state index in [-0.39, 0.29) is 17.3 Å². The van der Waals surface area contributed by atoms with Gasteiger partial charge in [-0.25, -0.2) is 18.7 Å². The smallest absolute Gasteiger partial charge is 0.252 e. The van der Waals surface area contributed by atoms with Crippen molar-refractivity contribution in [1.29, 1.82) is 0 Å². The Bertz CT molecular complexity index is 1180. The van der Waals surface area contributed by atoms with Crippen LogP contribution in [-0.4, -0.2) is 44.6 Å². The number of anilines is 2. The number of amides is 1. The molecule has 0 spiro atoms. The first-order valence-electron chi connectivity index (χ1n) is 10.4. The van der Waals surface area contributed by atoms with Crippen LogP contribution in [0.1, 0.15) is 32.6 Å². The van der Waals surface area contributed by atoms with Crippen molar-refractivity contribution in [2.75, 3.05) is 23.4 Å². The summed E-state index contributed by atoms with van der Waals surface area (Å²) in [7, 11) is 1.75. The first-order valence-corrected chi connectivity index (χ1v) is 10.4. The lowest BCUT2D eigenvalue weighted by atomic mass is 9.81. The molecule has 0 radical (unpaired) electrons. The minimum absolute atomic E-state index is 0.0650. The van der Waals surface area contributed by atoms with E-state index in [9.17, 15) is 13.6 Å². The van der Waals surface area contributed by atoms with E-state index in [1.807, 2.05) is 6.92 Å². The molecule has 2 aromatic heterocycles. The van der Waals surface area contributed by atoms with Gasteiger partial charge < -0.3 is 9.80 Å². The van der Waals surface area contributed by atoms with Crippen LogP contribution in [0.15, 0.2) is 36.8 Å². The average Bonchev–Trinajstić information content (AvgIpc) is 3.26. The number of imidazole rings is 1. The number of rotatable bonds is 3. The quantitative estimate of drug-likeness (QED) is 0.641. The third-order valence-corrected chi connectivity index (χ3v) is 6.41. The van der Waals surface area contributed by atoms with Gasteiger partial charge in [0.15, 0.2) is 5.82 Å². The Balaban J connectivity index is 1.64.